The molecule has 0 aliphatic heterocycles. The summed E-state index contributed by atoms with van der Waals surface area (Å²) in [6.07, 6.45) is 0. The minimum atomic E-state index is -0.966. The predicted molar refractivity (Wildman–Crippen MR) is 72.1 cm³/mol. The fraction of sp³-hybridized carbons (Fsp3) is 0.0714. The molecule has 0 heterocycles. The van der Waals surface area contributed by atoms with Gasteiger partial charge in [0.05, 0.1) is 10.6 Å². The molecule has 0 aromatic heterocycles. The van der Waals surface area contributed by atoms with Crippen LogP contribution < -0.4 is 5.32 Å². The highest BCUT2D eigenvalue weighted by Crippen LogP contribution is 2.20. The molecule has 0 aliphatic carbocycles. The van der Waals surface area contributed by atoms with Crippen LogP contribution in [0.4, 0.5) is 10.1 Å². The van der Waals surface area contributed by atoms with Gasteiger partial charge in [-0.3, -0.25) is 0 Å². The number of carboxylic acids is 1. The molecule has 0 fully saturated rings. The second kappa shape index (κ2) is 5.71. The molecule has 0 spiro atoms. The Morgan fingerprint density at radius 2 is 2.05 bits per heavy atom. The van der Waals surface area contributed by atoms with Gasteiger partial charge in [0.1, 0.15) is 5.82 Å². The number of aromatic carboxylic acids is 1. The molecule has 3 nitrogen and oxygen atoms in total. The zero-order chi connectivity index (χ0) is 13.8. The molecule has 2 aromatic carbocycles. The molecule has 2 rings (SSSR count). The van der Waals surface area contributed by atoms with Crippen molar-refractivity contribution >= 4 is 23.3 Å². The summed E-state index contributed by atoms with van der Waals surface area (Å²) in [5.74, 6) is -1.44. The van der Waals surface area contributed by atoms with Crippen molar-refractivity contribution in [1.82, 2.24) is 0 Å². The molecule has 0 saturated carbocycles. The molecule has 0 amide bonds. The van der Waals surface area contributed by atoms with E-state index in [0.717, 1.165) is 5.56 Å². The molecule has 0 saturated heterocycles. The molecule has 0 aliphatic rings. The largest absolute Gasteiger partial charge is 0.478 e. The van der Waals surface area contributed by atoms with E-state index in [1.54, 1.807) is 18.2 Å². The molecule has 0 bridgehead atoms. The Labute approximate surface area is 114 Å². The zero-order valence-electron chi connectivity index (χ0n) is 9.86. The highest BCUT2D eigenvalue weighted by molar-refractivity contribution is 6.31. The number of carboxylic acid groups (broad SMARTS) is 1. The van der Waals surface area contributed by atoms with Crippen LogP contribution in [0.2, 0.25) is 5.02 Å². The Morgan fingerprint density at radius 1 is 1.26 bits per heavy atom. The summed E-state index contributed by atoms with van der Waals surface area (Å²) < 4.78 is 13.0. The quantitative estimate of drug-likeness (QED) is 0.895. The smallest absolute Gasteiger partial charge is 0.335 e. The highest BCUT2D eigenvalue weighted by atomic mass is 35.5. The van der Waals surface area contributed by atoms with Gasteiger partial charge in [0.25, 0.3) is 0 Å². The average Bonchev–Trinajstić information content (AvgIpc) is 2.40. The molecule has 0 unspecified atom stereocenters. The number of nitrogens with one attached hydrogen (secondary N) is 1. The summed E-state index contributed by atoms with van der Waals surface area (Å²) in [6, 6.07) is 10.9. The third-order valence-corrected chi connectivity index (χ3v) is 2.88. The minimum Gasteiger partial charge on any atom is -0.478 e. The van der Waals surface area contributed by atoms with Crippen molar-refractivity contribution < 1.29 is 14.3 Å². The first-order chi connectivity index (χ1) is 9.06. The maximum atomic E-state index is 13.0. The van der Waals surface area contributed by atoms with E-state index in [9.17, 15) is 9.18 Å². The molecular weight excluding hydrogens is 269 g/mol. The fourth-order valence-corrected chi connectivity index (χ4v) is 1.81. The first-order valence-corrected chi connectivity index (χ1v) is 5.95. The van der Waals surface area contributed by atoms with Gasteiger partial charge in [0, 0.05) is 12.2 Å². The number of anilines is 1. The van der Waals surface area contributed by atoms with E-state index >= 15 is 0 Å². The maximum Gasteiger partial charge on any atom is 0.335 e. The fourth-order valence-electron chi connectivity index (χ4n) is 1.62. The molecule has 5 heteroatoms. The Balaban J connectivity index is 2.07. The number of benzene rings is 2. The van der Waals surface area contributed by atoms with Gasteiger partial charge in [-0.1, -0.05) is 23.7 Å². The topological polar surface area (TPSA) is 49.3 Å². The van der Waals surface area contributed by atoms with Crippen LogP contribution in [-0.2, 0) is 6.54 Å². The van der Waals surface area contributed by atoms with Gasteiger partial charge in [-0.2, -0.15) is 0 Å². The summed E-state index contributed by atoms with van der Waals surface area (Å²) >= 11 is 5.67. The van der Waals surface area contributed by atoms with Gasteiger partial charge >= 0.3 is 5.97 Å². The van der Waals surface area contributed by atoms with Crippen LogP contribution in [0.15, 0.2) is 42.5 Å². The van der Waals surface area contributed by atoms with Gasteiger partial charge in [0.15, 0.2) is 0 Å². The normalized spacial score (nSPS) is 10.2. The summed E-state index contributed by atoms with van der Waals surface area (Å²) in [7, 11) is 0. The maximum absolute atomic E-state index is 13.0. The first kappa shape index (κ1) is 13.4. The van der Waals surface area contributed by atoms with Gasteiger partial charge in [-0.05, 0) is 35.9 Å². The number of hydrogen-bond acceptors (Lipinski definition) is 2. The molecule has 2 N–H and O–H groups in total. The molecule has 2 aromatic rings. The van der Waals surface area contributed by atoms with Gasteiger partial charge < -0.3 is 10.4 Å². The monoisotopic (exact) mass is 279 g/mol. The lowest BCUT2D eigenvalue weighted by molar-refractivity contribution is 0.0697. The van der Waals surface area contributed by atoms with Crippen LogP contribution in [-0.4, -0.2) is 11.1 Å². The number of carbonyl (C=O) groups is 1. The molecule has 0 radical (unpaired) electrons. The van der Waals surface area contributed by atoms with E-state index in [1.807, 2.05) is 6.07 Å². The Morgan fingerprint density at radius 3 is 2.74 bits per heavy atom. The number of rotatable bonds is 4. The van der Waals surface area contributed by atoms with Crippen molar-refractivity contribution in [2.24, 2.45) is 0 Å². The lowest BCUT2D eigenvalue weighted by atomic mass is 10.1. The van der Waals surface area contributed by atoms with E-state index in [1.165, 1.54) is 18.2 Å². The minimum absolute atomic E-state index is 0.0456. The summed E-state index contributed by atoms with van der Waals surface area (Å²) in [4.78, 5) is 10.8. The molecule has 19 heavy (non-hydrogen) atoms. The van der Waals surface area contributed by atoms with Crippen molar-refractivity contribution in [3.63, 3.8) is 0 Å². The van der Waals surface area contributed by atoms with E-state index in [2.05, 4.69) is 5.32 Å². The van der Waals surface area contributed by atoms with Crippen LogP contribution in [0.3, 0.4) is 0 Å². The third kappa shape index (κ3) is 3.45. The van der Waals surface area contributed by atoms with Crippen LogP contribution in [0.1, 0.15) is 15.9 Å². The number of hydrogen-bond donors (Lipinski definition) is 2. The van der Waals surface area contributed by atoms with Crippen LogP contribution in [0.25, 0.3) is 0 Å². The van der Waals surface area contributed by atoms with Crippen molar-refractivity contribution in [2.45, 2.75) is 6.54 Å². The second-order valence-electron chi connectivity index (χ2n) is 3.99. The van der Waals surface area contributed by atoms with Gasteiger partial charge in [-0.15, -0.1) is 0 Å². The van der Waals surface area contributed by atoms with Crippen LogP contribution in [0.5, 0.6) is 0 Å². The second-order valence-corrected chi connectivity index (χ2v) is 4.40. The van der Waals surface area contributed by atoms with Gasteiger partial charge in [0.2, 0.25) is 0 Å². The van der Waals surface area contributed by atoms with Crippen molar-refractivity contribution in [3.05, 3.63) is 64.4 Å². The Hall–Kier alpha value is -2.07. The summed E-state index contributed by atoms with van der Waals surface area (Å²) in [6.45, 7) is 0.434. The molecular formula is C14H11ClFNO2. The van der Waals surface area contributed by atoms with Crippen LogP contribution in [0, 0.1) is 5.82 Å². The van der Waals surface area contributed by atoms with E-state index in [4.69, 9.17) is 16.7 Å². The van der Waals surface area contributed by atoms with Crippen molar-refractivity contribution in [3.8, 4) is 0 Å². The van der Waals surface area contributed by atoms with Crippen molar-refractivity contribution in [2.75, 3.05) is 5.32 Å². The average molecular weight is 280 g/mol. The Kier molecular flexibility index (Phi) is 4.02. The van der Waals surface area contributed by atoms with Crippen molar-refractivity contribution in [1.29, 1.82) is 0 Å². The summed E-state index contributed by atoms with van der Waals surface area (Å²) in [5.41, 5.74) is 1.73. The van der Waals surface area contributed by atoms with E-state index < -0.39 is 11.8 Å². The highest BCUT2D eigenvalue weighted by Gasteiger charge is 2.04. The SMILES string of the molecule is O=C(O)c1cccc(CNc2ccc(F)c(Cl)c2)c1. The van der Waals surface area contributed by atoms with E-state index in [-0.39, 0.29) is 10.6 Å². The number of halogens is 2. The first-order valence-electron chi connectivity index (χ1n) is 5.57. The van der Waals surface area contributed by atoms with Gasteiger partial charge in [-0.25, -0.2) is 9.18 Å². The third-order valence-electron chi connectivity index (χ3n) is 2.59. The predicted octanol–water partition coefficient (Wildman–Crippen LogP) is 3.79. The standard InChI is InChI=1S/C14H11ClFNO2/c15-12-7-11(4-5-13(12)16)17-8-9-2-1-3-10(6-9)14(18)19/h1-7,17H,8H2,(H,18,19). The zero-order valence-corrected chi connectivity index (χ0v) is 10.6. The van der Waals surface area contributed by atoms with Crippen LogP contribution >= 0.6 is 11.6 Å². The van der Waals surface area contributed by atoms with E-state index in [0.29, 0.717) is 12.2 Å². The Bertz CT molecular complexity index is 616. The molecule has 98 valence electrons. The molecule has 0 atom stereocenters. The summed E-state index contributed by atoms with van der Waals surface area (Å²) in [5, 5.41) is 12.0. The lowest BCUT2D eigenvalue weighted by Gasteiger charge is -2.08. The lowest BCUT2D eigenvalue weighted by Crippen LogP contribution is -2.02.